The minimum Gasteiger partial charge on any atom is -0.466 e. The van der Waals surface area contributed by atoms with Gasteiger partial charge >= 0.3 is 12.1 Å². The second kappa shape index (κ2) is 13.1. The molecule has 8 heteroatoms. The van der Waals surface area contributed by atoms with Gasteiger partial charge in [-0.15, -0.1) is 0 Å². The van der Waals surface area contributed by atoms with Crippen LogP contribution in [0, 0.1) is 23.1 Å². The molecule has 0 saturated carbocycles. The van der Waals surface area contributed by atoms with E-state index >= 15 is 0 Å². The predicted octanol–water partition coefficient (Wildman–Crippen LogP) is 6.46. The van der Waals surface area contributed by atoms with E-state index in [2.05, 4.69) is 11.4 Å². The van der Waals surface area contributed by atoms with Crippen molar-refractivity contribution in [1.82, 2.24) is 5.32 Å². The second-order valence-electron chi connectivity index (χ2n) is 9.25. The van der Waals surface area contributed by atoms with Crippen LogP contribution in [0.1, 0.15) is 52.5 Å². The molecule has 0 unspecified atom stereocenters. The third-order valence-corrected chi connectivity index (χ3v) is 5.42. The summed E-state index contributed by atoms with van der Waals surface area (Å²) in [5.74, 6) is -1.32. The molecular formula is C27H32ClFN2O4. The van der Waals surface area contributed by atoms with Gasteiger partial charge in [-0.05, 0) is 76.3 Å². The highest BCUT2D eigenvalue weighted by atomic mass is 35.5. The maximum Gasteiger partial charge on any atom is 0.407 e. The lowest BCUT2D eigenvalue weighted by Crippen LogP contribution is -2.42. The van der Waals surface area contributed by atoms with Crippen LogP contribution in [0.2, 0.25) is 5.02 Å². The van der Waals surface area contributed by atoms with Gasteiger partial charge in [-0.3, -0.25) is 4.79 Å². The summed E-state index contributed by atoms with van der Waals surface area (Å²) in [6, 6.07) is 13.2. The van der Waals surface area contributed by atoms with Crippen LogP contribution < -0.4 is 5.32 Å². The van der Waals surface area contributed by atoms with E-state index in [1.165, 1.54) is 12.1 Å². The van der Waals surface area contributed by atoms with Gasteiger partial charge in [0.1, 0.15) is 11.4 Å². The molecule has 1 N–H and O–H groups in total. The first-order valence-corrected chi connectivity index (χ1v) is 12.0. The molecule has 0 saturated heterocycles. The second-order valence-corrected chi connectivity index (χ2v) is 9.69. The number of carbonyl (C=O) groups excluding carboxylic acids is 2. The average molecular weight is 503 g/mol. The number of amides is 1. The van der Waals surface area contributed by atoms with Crippen LogP contribution >= 0.6 is 11.6 Å². The molecule has 1 amide bonds. The van der Waals surface area contributed by atoms with E-state index in [-0.39, 0.29) is 25.3 Å². The van der Waals surface area contributed by atoms with Crippen LogP contribution in [0.25, 0.3) is 11.1 Å². The number of esters is 1. The summed E-state index contributed by atoms with van der Waals surface area (Å²) in [6.07, 6.45) is 0.616. The number of carbonyl (C=O) groups is 2. The van der Waals surface area contributed by atoms with Gasteiger partial charge in [0.15, 0.2) is 0 Å². The summed E-state index contributed by atoms with van der Waals surface area (Å²) in [7, 11) is 0. The SMILES string of the molecule is CCOC(=O)[C@H](CCC#N)C[C@@H](Cc1ccc(-c2cc(Cl)ccc2F)cc1)NC(=O)OC(C)(C)C. The molecule has 0 spiro atoms. The van der Waals surface area contributed by atoms with Gasteiger partial charge in [0, 0.05) is 23.0 Å². The molecule has 0 heterocycles. The van der Waals surface area contributed by atoms with Crippen molar-refractivity contribution >= 4 is 23.7 Å². The summed E-state index contributed by atoms with van der Waals surface area (Å²) in [4.78, 5) is 25.0. The Morgan fingerprint density at radius 1 is 1.17 bits per heavy atom. The van der Waals surface area contributed by atoms with Crippen molar-refractivity contribution in [3.8, 4) is 17.2 Å². The summed E-state index contributed by atoms with van der Waals surface area (Å²) in [6.45, 7) is 7.25. The molecule has 2 aromatic rings. The topological polar surface area (TPSA) is 88.4 Å². The van der Waals surface area contributed by atoms with Crippen molar-refractivity contribution in [3.63, 3.8) is 0 Å². The van der Waals surface area contributed by atoms with Gasteiger partial charge < -0.3 is 14.8 Å². The predicted molar refractivity (Wildman–Crippen MR) is 133 cm³/mol. The van der Waals surface area contributed by atoms with Crippen molar-refractivity contribution in [2.75, 3.05) is 6.61 Å². The molecule has 0 radical (unpaired) electrons. The van der Waals surface area contributed by atoms with E-state index in [0.717, 1.165) is 5.56 Å². The Bertz CT molecular complexity index is 1040. The molecule has 0 bridgehead atoms. The highest BCUT2D eigenvalue weighted by Crippen LogP contribution is 2.27. The molecular weight excluding hydrogens is 471 g/mol. The smallest absolute Gasteiger partial charge is 0.407 e. The third-order valence-electron chi connectivity index (χ3n) is 5.19. The monoisotopic (exact) mass is 502 g/mol. The number of hydrogen-bond acceptors (Lipinski definition) is 5. The average Bonchev–Trinajstić information content (AvgIpc) is 2.77. The standard InChI is InChI=1S/C27H32ClFN2O4/c1-5-34-25(32)20(7-6-14-30)16-22(31-26(33)35-27(2,3)4)15-18-8-10-19(11-9-18)23-17-21(28)12-13-24(23)29/h8-13,17,20,22H,5-7,15-16H2,1-4H3,(H,31,33)/t20-,22-/m1/s1. The Morgan fingerprint density at radius 2 is 1.86 bits per heavy atom. The number of hydrogen-bond donors (Lipinski definition) is 1. The number of alkyl carbamates (subject to hydrolysis) is 1. The van der Waals surface area contributed by atoms with Gasteiger partial charge in [0.2, 0.25) is 0 Å². The van der Waals surface area contributed by atoms with Crippen LogP contribution in [0.4, 0.5) is 9.18 Å². The van der Waals surface area contributed by atoms with Gasteiger partial charge in [-0.1, -0.05) is 35.9 Å². The summed E-state index contributed by atoms with van der Waals surface area (Å²) < 4.78 is 24.8. The van der Waals surface area contributed by atoms with Gasteiger partial charge in [0.05, 0.1) is 18.6 Å². The number of ether oxygens (including phenoxy) is 2. The Hall–Kier alpha value is -3.11. The van der Waals surface area contributed by atoms with Crippen molar-refractivity contribution in [2.24, 2.45) is 5.92 Å². The van der Waals surface area contributed by atoms with Crippen LogP contribution in [0.3, 0.4) is 0 Å². The van der Waals surface area contributed by atoms with Crippen molar-refractivity contribution in [3.05, 3.63) is 58.9 Å². The molecule has 188 valence electrons. The molecule has 35 heavy (non-hydrogen) atoms. The summed E-state index contributed by atoms with van der Waals surface area (Å²) in [5, 5.41) is 12.3. The van der Waals surface area contributed by atoms with E-state index in [4.69, 9.17) is 26.3 Å². The lowest BCUT2D eigenvalue weighted by atomic mass is 9.91. The molecule has 2 aromatic carbocycles. The largest absolute Gasteiger partial charge is 0.466 e. The lowest BCUT2D eigenvalue weighted by Gasteiger charge is -2.26. The first-order chi connectivity index (χ1) is 16.5. The van der Waals surface area contributed by atoms with Gasteiger partial charge in [-0.2, -0.15) is 5.26 Å². The van der Waals surface area contributed by atoms with Crippen molar-refractivity contribution in [2.45, 2.75) is 65.0 Å². The normalized spacial score (nSPS) is 12.8. The molecule has 2 atom stereocenters. The number of nitrogens with zero attached hydrogens (tertiary/aromatic N) is 1. The van der Waals surface area contributed by atoms with E-state index < -0.39 is 29.6 Å². The number of rotatable bonds is 10. The maximum absolute atomic E-state index is 14.2. The first-order valence-electron chi connectivity index (χ1n) is 11.6. The Labute approximate surface area is 211 Å². The zero-order valence-corrected chi connectivity index (χ0v) is 21.3. The van der Waals surface area contributed by atoms with Gasteiger partial charge in [-0.25, -0.2) is 9.18 Å². The van der Waals surface area contributed by atoms with Gasteiger partial charge in [0.25, 0.3) is 0 Å². The third kappa shape index (κ3) is 9.58. The number of benzene rings is 2. The fourth-order valence-corrected chi connectivity index (χ4v) is 3.84. The zero-order chi connectivity index (χ0) is 26.0. The highest BCUT2D eigenvalue weighted by molar-refractivity contribution is 6.30. The van der Waals surface area contributed by atoms with Crippen LogP contribution in [-0.2, 0) is 20.7 Å². The minimum atomic E-state index is -0.682. The fraction of sp³-hybridized carbons (Fsp3) is 0.444. The van der Waals surface area contributed by atoms with E-state index in [0.29, 0.717) is 29.0 Å². The molecule has 0 aliphatic heterocycles. The molecule has 2 rings (SSSR count). The number of halogens is 2. The zero-order valence-electron chi connectivity index (χ0n) is 20.6. The lowest BCUT2D eigenvalue weighted by molar-refractivity contribution is -0.148. The Balaban J connectivity index is 2.24. The molecule has 0 aliphatic rings. The number of nitriles is 1. The van der Waals surface area contributed by atoms with Crippen molar-refractivity contribution in [1.29, 1.82) is 5.26 Å². The summed E-state index contributed by atoms with van der Waals surface area (Å²) in [5.41, 5.74) is 1.26. The van der Waals surface area contributed by atoms with E-state index in [9.17, 15) is 14.0 Å². The fourth-order valence-electron chi connectivity index (χ4n) is 3.67. The molecule has 0 fully saturated rings. The Kier molecular flexibility index (Phi) is 10.5. The minimum absolute atomic E-state index is 0.197. The highest BCUT2D eigenvalue weighted by Gasteiger charge is 2.27. The van der Waals surface area contributed by atoms with E-state index in [1.54, 1.807) is 45.9 Å². The molecule has 6 nitrogen and oxygen atoms in total. The maximum atomic E-state index is 14.2. The Morgan fingerprint density at radius 3 is 2.46 bits per heavy atom. The van der Waals surface area contributed by atoms with Crippen molar-refractivity contribution < 1.29 is 23.5 Å². The molecule has 0 aliphatic carbocycles. The van der Waals surface area contributed by atoms with Crippen LogP contribution in [-0.4, -0.2) is 30.3 Å². The first kappa shape index (κ1) is 28.1. The number of nitrogens with one attached hydrogen (secondary N) is 1. The van der Waals surface area contributed by atoms with Crippen LogP contribution in [0.5, 0.6) is 0 Å². The summed E-state index contributed by atoms with van der Waals surface area (Å²) >= 11 is 6.02. The molecule has 0 aromatic heterocycles. The van der Waals surface area contributed by atoms with Crippen LogP contribution in [0.15, 0.2) is 42.5 Å². The quantitative estimate of drug-likeness (QED) is 0.377. The van der Waals surface area contributed by atoms with E-state index in [1.807, 2.05) is 12.1 Å².